The van der Waals surface area contributed by atoms with Gasteiger partial charge in [0.05, 0.1) is 0 Å². The van der Waals surface area contributed by atoms with Crippen LogP contribution in [-0.2, 0) is 6.42 Å². The summed E-state index contributed by atoms with van der Waals surface area (Å²) in [4.78, 5) is 0. The van der Waals surface area contributed by atoms with Gasteiger partial charge in [0, 0.05) is 0 Å². The van der Waals surface area contributed by atoms with E-state index in [2.05, 4.69) is 54.7 Å². The Bertz CT molecular complexity index is 511. The third kappa shape index (κ3) is 1.48. The molecule has 0 bridgehead atoms. The Labute approximate surface area is 89.9 Å². The molecule has 0 N–H and O–H groups in total. The van der Waals surface area contributed by atoms with Crippen LogP contribution in [0.2, 0.25) is 0 Å². The van der Waals surface area contributed by atoms with Crippen LogP contribution < -0.4 is 0 Å². The van der Waals surface area contributed by atoms with Crippen molar-refractivity contribution in [2.24, 2.45) is 0 Å². The lowest BCUT2D eigenvalue weighted by Gasteiger charge is -2.06. The van der Waals surface area contributed by atoms with Gasteiger partial charge < -0.3 is 0 Å². The molecule has 1 aromatic carbocycles. The zero-order valence-electron chi connectivity index (χ0n) is 8.40. The molecule has 1 aromatic rings. The SMILES string of the molecule is [C]1=CCc2cc3c(cc21)\C=C/C=C\C=C/3. The van der Waals surface area contributed by atoms with Gasteiger partial charge in [-0.2, -0.15) is 0 Å². The van der Waals surface area contributed by atoms with Crippen molar-refractivity contribution < 1.29 is 0 Å². The van der Waals surface area contributed by atoms with E-state index in [1.54, 1.807) is 0 Å². The number of benzene rings is 1. The molecule has 3 rings (SSSR count). The summed E-state index contributed by atoms with van der Waals surface area (Å²) >= 11 is 0. The van der Waals surface area contributed by atoms with E-state index < -0.39 is 0 Å². The molecule has 2 aliphatic rings. The van der Waals surface area contributed by atoms with Crippen LogP contribution in [-0.4, -0.2) is 0 Å². The number of fused-ring (bicyclic) bond motifs is 2. The maximum atomic E-state index is 3.29. The summed E-state index contributed by atoms with van der Waals surface area (Å²) in [7, 11) is 0. The van der Waals surface area contributed by atoms with Crippen LogP contribution in [0.25, 0.3) is 12.2 Å². The molecule has 0 fully saturated rings. The first kappa shape index (κ1) is 8.49. The molecule has 1 radical (unpaired) electrons. The molecule has 0 atom stereocenters. The molecular formula is C15H11. The summed E-state index contributed by atoms with van der Waals surface area (Å²) in [6.07, 6.45) is 19.0. The van der Waals surface area contributed by atoms with Crippen molar-refractivity contribution in [3.8, 4) is 0 Å². The fraction of sp³-hybridized carbons (Fsp3) is 0.0667. The van der Waals surface area contributed by atoms with Crippen molar-refractivity contribution in [1.29, 1.82) is 0 Å². The highest BCUT2D eigenvalue weighted by molar-refractivity contribution is 5.70. The van der Waals surface area contributed by atoms with E-state index in [4.69, 9.17) is 0 Å². The lowest BCUT2D eigenvalue weighted by atomic mass is 9.98. The van der Waals surface area contributed by atoms with Gasteiger partial charge in [0.2, 0.25) is 0 Å². The molecular weight excluding hydrogens is 180 g/mol. The van der Waals surface area contributed by atoms with Gasteiger partial charge in [-0.3, -0.25) is 0 Å². The van der Waals surface area contributed by atoms with Gasteiger partial charge in [-0.15, -0.1) is 0 Å². The molecule has 15 heavy (non-hydrogen) atoms. The van der Waals surface area contributed by atoms with Gasteiger partial charge in [0.25, 0.3) is 0 Å². The van der Waals surface area contributed by atoms with Crippen molar-refractivity contribution >= 4 is 12.2 Å². The van der Waals surface area contributed by atoms with Crippen LogP contribution in [0.4, 0.5) is 0 Å². The van der Waals surface area contributed by atoms with E-state index in [-0.39, 0.29) is 0 Å². The molecule has 0 heterocycles. The standard InChI is InChI=1S/C15H11/c1-2-4-7-13-11-15-9-5-8-14(15)10-12(13)6-3-1/h1-7,10-11H,8H2/b2-1-,3-1?,4-2?,6-3-,7-4-,12-6?,13-7?. The van der Waals surface area contributed by atoms with Crippen molar-refractivity contribution in [2.45, 2.75) is 6.42 Å². The summed E-state index contributed by atoms with van der Waals surface area (Å²) in [5.41, 5.74) is 5.20. The molecule has 2 aliphatic carbocycles. The van der Waals surface area contributed by atoms with E-state index in [1.165, 1.54) is 22.3 Å². The van der Waals surface area contributed by atoms with E-state index in [1.807, 2.05) is 6.08 Å². The summed E-state index contributed by atoms with van der Waals surface area (Å²) < 4.78 is 0. The van der Waals surface area contributed by atoms with Gasteiger partial charge in [0.1, 0.15) is 0 Å². The molecule has 0 heteroatoms. The monoisotopic (exact) mass is 191 g/mol. The minimum absolute atomic E-state index is 1.02. The predicted octanol–water partition coefficient (Wildman–Crippen LogP) is 3.55. The van der Waals surface area contributed by atoms with Crippen LogP contribution in [0.1, 0.15) is 22.3 Å². The van der Waals surface area contributed by atoms with Gasteiger partial charge in [-0.1, -0.05) is 48.6 Å². The lowest BCUT2D eigenvalue weighted by molar-refractivity contribution is 1.30. The first-order valence-electron chi connectivity index (χ1n) is 5.20. The summed E-state index contributed by atoms with van der Waals surface area (Å²) in [5.74, 6) is 0. The summed E-state index contributed by atoms with van der Waals surface area (Å²) in [6.45, 7) is 0. The van der Waals surface area contributed by atoms with Gasteiger partial charge in [-0.25, -0.2) is 0 Å². The molecule has 71 valence electrons. The van der Waals surface area contributed by atoms with Crippen LogP contribution in [0.5, 0.6) is 0 Å². The minimum atomic E-state index is 1.02. The van der Waals surface area contributed by atoms with Crippen LogP contribution in [0.15, 0.2) is 42.5 Å². The van der Waals surface area contributed by atoms with Crippen molar-refractivity contribution in [2.75, 3.05) is 0 Å². The molecule has 0 unspecified atom stereocenters. The lowest BCUT2D eigenvalue weighted by Crippen LogP contribution is -1.89. The first-order chi connectivity index (χ1) is 7.43. The molecule has 0 nitrogen and oxygen atoms in total. The van der Waals surface area contributed by atoms with Gasteiger partial charge in [0.15, 0.2) is 0 Å². The number of hydrogen-bond donors (Lipinski definition) is 0. The van der Waals surface area contributed by atoms with Crippen LogP contribution in [0, 0.1) is 6.08 Å². The fourth-order valence-electron chi connectivity index (χ4n) is 1.99. The molecule has 0 spiro atoms. The minimum Gasteiger partial charge on any atom is -0.0716 e. The Balaban J connectivity index is 2.20. The molecule has 0 amide bonds. The Hall–Kier alpha value is -1.82. The smallest absolute Gasteiger partial charge is 0.00816 e. The number of rotatable bonds is 0. The van der Waals surface area contributed by atoms with E-state index in [0.29, 0.717) is 0 Å². The maximum absolute atomic E-state index is 3.29. The molecule has 0 aliphatic heterocycles. The molecule has 0 aromatic heterocycles. The van der Waals surface area contributed by atoms with E-state index in [0.717, 1.165) is 6.42 Å². The fourth-order valence-corrected chi connectivity index (χ4v) is 1.99. The molecule has 0 saturated carbocycles. The summed E-state index contributed by atoms with van der Waals surface area (Å²) in [5, 5.41) is 0. The van der Waals surface area contributed by atoms with Crippen LogP contribution in [0.3, 0.4) is 0 Å². The van der Waals surface area contributed by atoms with Crippen molar-refractivity contribution in [3.63, 3.8) is 0 Å². The number of hydrogen-bond acceptors (Lipinski definition) is 0. The average Bonchev–Trinajstić information content (AvgIpc) is 2.64. The normalized spacial score (nSPS) is 22.4. The second-order valence-electron chi connectivity index (χ2n) is 3.79. The van der Waals surface area contributed by atoms with Gasteiger partial charge >= 0.3 is 0 Å². The van der Waals surface area contributed by atoms with E-state index >= 15 is 0 Å². The average molecular weight is 191 g/mol. The highest BCUT2D eigenvalue weighted by atomic mass is 14.1. The Morgan fingerprint density at radius 3 is 2.40 bits per heavy atom. The highest BCUT2D eigenvalue weighted by Crippen LogP contribution is 2.25. The topological polar surface area (TPSA) is 0 Å². The summed E-state index contributed by atoms with van der Waals surface area (Å²) in [6, 6.07) is 4.48. The highest BCUT2D eigenvalue weighted by Gasteiger charge is 2.08. The van der Waals surface area contributed by atoms with Crippen molar-refractivity contribution in [1.82, 2.24) is 0 Å². The quantitative estimate of drug-likeness (QED) is 0.588. The zero-order chi connectivity index (χ0) is 10.1. The first-order valence-corrected chi connectivity index (χ1v) is 5.20. The second kappa shape index (κ2) is 3.39. The third-order valence-electron chi connectivity index (χ3n) is 2.77. The van der Waals surface area contributed by atoms with Gasteiger partial charge in [-0.05, 0) is 40.8 Å². The Morgan fingerprint density at radius 2 is 1.60 bits per heavy atom. The predicted molar refractivity (Wildman–Crippen MR) is 64.3 cm³/mol. The Morgan fingerprint density at radius 1 is 0.867 bits per heavy atom. The number of allylic oxidation sites excluding steroid dienone is 5. The maximum Gasteiger partial charge on any atom is -0.00816 e. The second-order valence-corrected chi connectivity index (χ2v) is 3.79. The van der Waals surface area contributed by atoms with E-state index in [9.17, 15) is 0 Å². The van der Waals surface area contributed by atoms with Crippen LogP contribution >= 0.6 is 0 Å². The Kier molecular flexibility index (Phi) is 1.92. The largest absolute Gasteiger partial charge is 0.0716 e. The third-order valence-corrected chi connectivity index (χ3v) is 2.77. The van der Waals surface area contributed by atoms with Crippen molar-refractivity contribution in [3.05, 3.63) is 70.8 Å². The molecule has 0 saturated heterocycles. The zero-order valence-corrected chi connectivity index (χ0v) is 8.40.